The predicted molar refractivity (Wildman–Crippen MR) is 99.2 cm³/mol. The molecule has 2 heterocycles. The van der Waals surface area contributed by atoms with E-state index >= 15 is 0 Å². The molecule has 3 rings (SSSR count). The highest BCUT2D eigenvalue weighted by molar-refractivity contribution is 7.09. The average molecular weight is 426 g/mol. The number of rotatable bonds is 5. The number of aromatic nitrogens is 2. The smallest absolute Gasteiger partial charge is 0.251 e. The summed E-state index contributed by atoms with van der Waals surface area (Å²) in [6.45, 7) is 3.39. The molecule has 1 fully saturated rings. The molecular formula is C15H16Cl3FN4OS. The highest BCUT2D eigenvalue weighted by atomic mass is 35.6. The summed E-state index contributed by atoms with van der Waals surface area (Å²) in [5.74, 6) is -0.121. The Morgan fingerprint density at radius 2 is 2.08 bits per heavy atom. The molecule has 0 saturated carbocycles. The predicted octanol–water partition coefficient (Wildman–Crippen LogP) is 3.99. The van der Waals surface area contributed by atoms with Gasteiger partial charge in [-0.25, -0.2) is 4.39 Å². The molecule has 0 spiro atoms. The highest BCUT2D eigenvalue weighted by Gasteiger charge is 2.29. The van der Waals surface area contributed by atoms with Gasteiger partial charge in [0.25, 0.3) is 3.79 Å². The summed E-state index contributed by atoms with van der Waals surface area (Å²) in [5.41, 5.74) is 0.889. The van der Waals surface area contributed by atoms with E-state index in [2.05, 4.69) is 19.6 Å². The Kier molecular flexibility index (Phi) is 6.35. The van der Waals surface area contributed by atoms with Crippen molar-refractivity contribution in [2.75, 3.05) is 38.2 Å². The van der Waals surface area contributed by atoms with E-state index < -0.39 is 3.79 Å². The summed E-state index contributed by atoms with van der Waals surface area (Å²) >= 11 is 18.5. The number of morpholine rings is 1. The summed E-state index contributed by atoms with van der Waals surface area (Å²) in [4.78, 5) is 6.45. The molecule has 10 heteroatoms. The average Bonchev–Trinajstić information content (AvgIpc) is 3.05. The van der Waals surface area contributed by atoms with Crippen molar-refractivity contribution in [3.8, 4) is 0 Å². The molecule has 1 atom stereocenters. The van der Waals surface area contributed by atoms with Gasteiger partial charge < -0.3 is 10.1 Å². The second-order valence-electron chi connectivity index (χ2n) is 5.52. The minimum atomic E-state index is -1.65. The molecule has 1 aromatic carbocycles. The van der Waals surface area contributed by atoms with Crippen LogP contribution < -0.4 is 5.32 Å². The largest absolute Gasteiger partial charge is 0.379 e. The van der Waals surface area contributed by atoms with E-state index in [1.165, 1.54) is 6.07 Å². The second kappa shape index (κ2) is 8.33. The molecular weight excluding hydrogens is 410 g/mol. The second-order valence-corrected chi connectivity index (χ2v) is 8.55. The lowest BCUT2D eigenvalue weighted by Crippen LogP contribution is -2.41. The van der Waals surface area contributed by atoms with Gasteiger partial charge in [-0.15, -0.1) is 0 Å². The normalized spacial score (nSPS) is 17.4. The molecule has 1 unspecified atom stereocenters. The van der Waals surface area contributed by atoms with E-state index in [0.29, 0.717) is 24.9 Å². The van der Waals surface area contributed by atoms with Crippen LogP contribution in [0.1, 0.15) is 17.4 Å². The first-order valence-electron chi connectivity index (χ1n) is 7.65. The number of benzene rings is 1. The van der Waals surface area contributed by atoms with E-state index in [4.69, 9.17) is 39.5 Å². The molecule has 1 saturated heterocycles. The Labute approximate surface area is 164 Å². The van der Waals surface area contributed by atoms with E-state index in [-0.39, 0.29) is 17.7 Å². The van der Waals surface area contributed by atoms with Gasteiger partial charge in [0.05, 0.1) is 19.3 Å². The quantitative estimate of drug-likeness (QED) is 0.734. The summed E-state index contributed by atoms with van der Waals surface area (Å²) in [5, 5.41) is 3.77. The Morgan fingerprint density at radius 1 is 1.32 bits per heavy atom. The van der Waals surface area contributed by atoms with Crippen molar-refractivity contribution in [1.29, 1.82) is 0 Å². The summed E-state index contributed by atoms with van der Waals surface area (Å²) in [7, 11) is 0. The number of ether oxygens (including phenoxy) is 1. The first-order valence-corrected chi connectivity index (χ1v) is 9.56. The topological polar surface area (TPSA) is 50.3 Å². The SMILES string of the molecule is Fc1cccc(C(CNc2nc(C(Cl)(Cl)Cl)ns2)N2CCOCC2)c1. The minimum absolute atomic E-state index is 0.0280. The van der Waals surface area contributed by atoms with Crippen molar-refractivity contribution in [3.05, 3.63) is 41.5 Å². The lowest BCUT2D eigenvalue weighted by molar-refractivity contribution is 0.0186. The van der Waals surface area contributed by atoms with Crippen LogP contribution in [0.4, 0.5) is 9.52 Å². The highest BCUT2D eigenvalue weighted by Crippen LogP contribution is 2.37. The lowest BCUT2D eigenvalue weighted by atomic mass is 10.0. The molecule has 0 radical (unpaired) electrons. The molecule has 136 valence electrons. The fourth-order valence-electron chi connectivity index (χ4n) is 2.66. The number of hydrogen-bond acceptors (Lipinski definition) is 6. The molecule has 1 N–H and O–H groups in total. The maximum absolute atomic E-state index is 13.7. The number of nitrogens with zero attached hydrogens (tertiary/aromatic N) is 3. The third-order valence-electron chi connectivity index (χ3n) is 3.85. The van der Waals surface area contributed by atoms with E-state index in [0.717, 1.165) is 30.2 Å². The number of alkyl halides is 3. The number of anilines is 1. The number of hydrogen-bond donors (Lipinski definition) is 1. The number of halogens is 4. The zero-order valence-corrected chi connectivity index (χ0v) is 16.2. The minimum Gasteiger partial charge on any atom is -0.379 e. The van der Waals surface area contributed by atoms with Gasteiger partial charge in [-0.05, 0) is 17.7 Å². The van der Waals surface area contributed by atoms with Crippen LogP contribution in [-0.4, -0.2) is 47.1 Å². The Morgan fingerprint density at radius 3 is 2.72 bits per heavy atom. The van der Waals surface area contributed by atoms with Crippen LogP contribution in [0.2, 0.25) is 0 Å². The van der Waals surface area contributed by atoms with Gasteiger partial charge in [-0.1, -0.05) is 46.9 Å². The fraction of sp³-hybridized carbons (Fsp3) is 0.467. The van der Waals surface area contributed by atoms with Crippen molar-refractivity contribution < 1.29 is 9.13 Å². The number of nitrogens with one attached hydrogen (secondary N) is 1. The molecule has 25 heavy (non-hydrogen) atoms. The van der Waals surface area contributed by atoms with Crippen molar-refractivity contribution in [3.63, 3.8) is 0 Å². The van der Waals surface area contributed by atoms with Gasteiger partial charge in [0.1, 0.15) is 5.82 Å². The van der Waals surface area contributed by atoms with Crippen LogP contribution in [0.5, 0.6) is 0 Å². The molecule has 1 aliphatic heterocycles. The molecule has 1 aromatic heterocycles. The van der Waals surface area contributed by atoms with Gasteiger partial charge in [-0.3, -0.25) is 4.90 Å². The first kappa shape index (κ1) is 19.1. The molecule has 1 aliphatic rings. The van der Waals surface area contributed by atoms with Crippen molar-refractivity contribution >= 4 is 51.5 Å². The molecule has 2 aromatic rings. The zero-order valence-electron chi connectivity index (χ0n) is 13.1. The third-order valence-corrected chi connectivity index (χ3v) is 5.03. The van der Waals surface area contributed by atoms with E-state index in [1.807, 2.05) is 6.07 Å². The Hall–Kier alpha value is -0.700. The molecule has 0 aliphatic carbocycles. The van der Waals surface area contributed by atoms with E-state index in [1.54, 1.807) is 12.1 Å². The van der Waals surface area contributed by atoms with Crippen molar-refractivity contribution in [1.82, 2.24) is 14.3 Å². The van der Waals surface area contributed by atoms with Crippen molar-refractivity contribution in [2.45, 2.75) is 9.83 Å². The van der Waals surface area contributed by atoms with Crippen LogP contribution in [0.3, 0.4) is 0 Å². The third kappa shape index (κ3) is 5.15. The molecule has 5 nitrogen and oxygen atoms in total. The summed E-state index contributed by atoms with van der Waals surface area (Å²) in [6, 6.07) is 6.58. The first-order chi connectivity index (χ1) is 11.9. The van der Waals surface area contributed by atoms with Crippen molar-refractivity contribution in [2.24, 2.45) is 0 Å². The fourth-order valence-corrected chi connectivity index (χ4v) is 3.68. The zero-order chi connectivity index (χ0) is 17.9. The van der Waals surface area contributed by atoms with Gasteiger partial charge in [0.2, 0.25) is 5.13 Å². The maximum atomic E-state index is 13.7. The van der Waals surface area contributed by atoms with Gasteiger partial charge in [0, 0.05) is 31.2 Å². The van der Waals surface area contributed by atoms with Crippen LogP contribution >= 0.6 is 46.3 Å². The maximum Gasteiger partial charge on any atom is 0.251 e. The van der Waals surface area contributed by atoms with Crippen LogP contribution in [-0.2, 0) is 8.53 Å². The van der Waals surface area contributed by atoms with Gasteiger partial charge >= 0.3 is 0 Å². The van der Waals surface area contributed by atoms with Crippen LogP contribution in [0.15, 0.2) is 24.3 Å². The molecule has 0 amide bonds. The molecule has 0 bridgehead atoms. The Balaban J connectivity index is 1.74. The van der Waals surface area contributed by atoms with Gasteiger partial charge in [0.15, 0.2) is 5.82 Å². The van der Waals surface area contributed by atoms with Crippen LogP contribution in [0, 0.1) is 5.82 Å². The summed E-state index contributed by atoms with van der Waals surface area (Å²) < 4.78 is 21.5. The Bertz CT molecular complexity index is 706. The monoisotopic (exact) mass is 424 g/mol. The lowest BCUT2D eigenvalue weighted by Gasteiger charge is -2.34. The summed E-state index contributed by atoms with van der Waals surface area (Å²) in [6.07, 6.45) is 0. The standard InChI is InChI=1S/C15H16Cl3FN4OS/c16-15(17,18)13-21-14(25-22-13)20-9-12(23-4-6-24-7-5-23)10-2-1-3-11(19)8-10/h1-3,8,12H,4-7,9H2,(H,20,21,22). The van der Waals surface area contributed by atoms with Crippen LogP contribution in [0.25, 0.3) is 0 Å². The van der Waals surface area contributed by atoms with Gasteiger partial charge in [-0.2, -0.15) is 9.36 Å². The van der Waals surface area contributed by atoms with E-state index in [9.17, 15) is 4.39 Å².